The Morgan fingerprint density at radius 3 is 0.724 bits per heavy atom. The third-order valence-corrected chi connectivity index (χ3v) is 20.9. The highest BCUT2D eigenvalue weighted by Crippen LogP contribution is 2.45. The van der Waals surface area contributed by atoms with Gasteiger partial charge in [0.15, 0.2) is 12.2 Å². The van der Waals surface area contributed by atoms with Crippen molar-refractivity contribution < 1.29 is 80.2 Å². The SMILES string of the molecule is CCC(C)CCCCCCCCCCCCCCCCC(=O)O[C@H](COC(=O)CCCCCCCCCCC(C)C)COP(=O)(O)OC[C@@H](O)COP(=O)(O)OC[C@@H](COC(=O)CCCCCCCCC(C)CC)OC(=O)CCCCCCCCCCCCCCCCCCC(C)C. The summed E-state index contributed by atoms with van der Waals surface area (Å²) < 4.78 is 68.6. The number of esters is 4. The molecule has 17 nitrogen and oxygen atoms in total. The Kier molecular flexibility index (Phi) is 66.8. The molecule has 0 heterocycles. The summed E-state index contributed by atoms with van der Waals surface area (Å²) in [5.41, 5.74) is 0. The van der Waals surface area contributed by atoms with Crippen molar-refractivity contribution in [1.82, 2.24) is 0 Å². The Morgan fingerprint density at radius 1 is 0.286 bits per heavy atom. The summed E-state index contributed by atoms with van der Waals surface area (Å²) in [5, 5.41) is 10.6. The zero-order valence-electron chi connectivity index (χ0n) is 64.4. The monoisotopic (exact) mass is 1440 g/mol. The fourth-order valence-electron chi connectivity index (χ4n) is 12.0. The lowest BCUT2D eigenvalue weighted by Gasteiger charge is -2.21. The normalized spacial score (nSPS) is 14.6. The molecule has 0 fully saturated rings. The minimum Gasteiger partial charge on any atom is -0.462 e. The second kappa shape index (κ2) is 68.2. The smallest absolute Gasteiger partial charge is 0.462 e. The van der Waals surface area contributed by atoms with E-state index in [9.17, 15) is 43.2 Å². The molecule has 582 valence electrons. The minimum absolute atomic E-state index is 0.107. The summed E-state index contributed by atoms with van der Waals surface area (Å²) in [4.78, 5) is 72.9. The Hall–Kier alpha value is -1.94. The number of carbonyl (C=O) groups is 4. The molecule has 0 rings (SSSR count). The largest absolute Gasteiger partial charge is 0.472 e. The second-order valence-electron chi connectivity index (χ2n) is 29.9. The van der Waals surface area contributed by atoms with Crippen LogP contribution in [0.15, 0.2) is 0 Å². The highest BCUT2D eigenvalue weighted by molar-refractivity contribution is 7.47. The highest BCUT2D eigenvalue weighted by Gasteiger charge is 2.30. The zero-order chi connectivity index (χ0) is 72.4. The lowest BCUT2D eigenvalue weighted by Crippen LogP contribution is -2.30. The number of phosphoric ester groups is 2. The van der Waals surface area contributed by atoms with Crippen molar-refractivity contribution in [1.29, 1.82) is 0 Å². The van der Waals surface area contributed by atoms with Gasteiger partial charge in [0.05, 0.1) is 26.4 Å². The van der Waals surface area contributed by atoms with Gasteiger partial charge in [-0.1, -0.05) is 351 Å². The van der Waals surface area contributed by atoms with E-state index >= 15 is 0 Å². The maximum Gasteiger partial charge on any atom is 0.472 e. The molecule has 7 atom stereocenters. The van der Waals surface area contributed by atoms with E-state index < -0.39 is 97.5 Å². The average molecular weight is 1440 g/mol. The first kappa shape index (κ1) is 96.1. The number of phosphoric acid groups is 2. The van der Waals surface area contributed by atoms with Crippen LogP contribution in [0.4, 0.5) is 0 Å². The van der Waals surface area contributed by atoms with Crippen molar-refractivity contribution in [2.24, 2.45) is 23.7 Å². The van der Waals surface area contributed by atoms with Crippen molar-refractivity contribution in [3.05, 3.63) is 0 Å². The van der Waals surface area contributed by atoms with Crippen molar-refractivity contribution in [3.63, 3.8) is 0 Å². The molecule has 0 aliphatic rings. The molecule has 3 N–H and O–H groups in total. The van der Waals surface area contributed by atoms with E-state index in [1.807, 2.05) is 0 Å². The van der Waals surface area contributed by atoms with Gasteiger partial charge in [0, 0.05) is 25.7 Å². The van der Waals surface area contributed by atoms with Crippen molar-refractivity contribution in [2.45, 2.75) is 420 Å². The van der Waals surface area contributed by atoms with E-state index in [-0.39, 0.29) is 25.7 Å². The first-order valence-corrected chi connectivity index (χ1v) is 43.8. The fourth-order valence-corrected chi connectivity index (χ4v) is 13.6. The van der Waals surface area contributed by atoms with Gasteiger partial charge in [-0.25, -0.2) is 9.13 Å². The number of carbonyl (C=O) groups excluding carboxylic acids is 4. The van der Waals surface area contributed by atoms with Crippen LogP contribution in [0.5, 0.6) is 0 Å². The summed E-state index contributed by atoms with van der Waals surface area (Å²) in [5.74, 6) is 0.994. The van der Waals surface area contributed by atoms with Gasteiger partial charge in [-0.3, -0.25) is 37.3 Å². The molecule has 0 aromatic carbocycles. The molecule has 98 heavy (non-hydrogen) atoms. The van der Waals surface area contributed by atoms with Crippen molar-refractivity contribution >= 4 is 39.5 Å². The van der Waals surface area contributed by atoms with E-state index in [0.29, 0.717) is 25.7 Å². The van der Waals surface area contributed by atoms with E-state index in [2.05, 4.69) is 55.4 Å². The fraction of sp³-hybridized carbons (Fsp3) is 0.949. The first-order valence-electron chi connectivity index (χ1n) is 40.8. The molecule has 0 aliphatic carbocycles. The van der Waals surface area contributed by atoms with Crippen LogP contribution >= 0.6 is 15.6 Å². The molecule has 0 saturated heterocycles. The van der Waals surface area contributed by atoms with Crippen molar-refractivity contribution in [2.75, 3.05) is 39.6 Å². The van der Waals surface area contributed by atoms with E-state index in [4.69, 9.17) is 37.0 Å². The van der Waals surface area contributed by atoms with Crippen LogP contribution in [-0.4, -0.2) is 96.7 Å². The highest BCUT2D eigenvalue weighted by atomic mass is 31.2. The molecular weight excluding hydrogens is 1280 g/mol. The first-order chi connectivity index (χ1) is 47.2. The molecule has 0 radical (unpaired) electrons. The molecule has 4 unspecified atom stereocenters. The average Bonchev–Trinajstić information content (AvgIpc) is 1.00. The van der Waals surface area contributed by atoms with Gasteiger partial charge < -0.3 is 33.8 Å². The maximum atomic E-state index is 13.1. The molecule has 0 aliphatic heterocycles. The molecule has 0 bridgehead atoms. The quantitative estimate of drug-likeness (QED) is 0.0222. The summed E-state index contributed by atoms with van der Waals surface area (Å²) in [6.45, 7) is 14.2. The third-order valence-electron chi connectivity index (χ3n) is 19.0. The van der Waals surface area contributed by atoms with E-state index in [1.165, 1.54) is 199 Å². The van der Waals surface area contributed by atoms with Crippen LogP contribution in [0.25, 0.3) is 0 Å². The number of hydrogen-bond donors (Lipinski definition) is 3. The van der Waals surface area contributed by atoms with Crippen LogP contribution in [0.3, 0.4) is 0 Å². The molecule has 0 aromatic heterocycles. The Morgan fingerprint density at radius 2 is 0.490 bits per heavy atom. The molecule has 0 amide bonds. The van der Waals surface area contributed by atoms with Gasteiger partial charge in [0.1, 0.15) is 19.3 Å². The van der Waals surface area contributed by atoms with Gasteiger partial charge in [-0.15, -0.1) is 0 Å². The Labute approximate surface area is 600 Å². The standard InChI is InChI=1S/C79H154O17P2/c1-9-71(7)57-49-41-33-26-22-18-15-16-20-24-28-36-46-54-61-78(83)95-74(65-89-76(81)59-51-43-34-30-29-32-40-48-56-70(5)6)67-93-97(85,86)91-63-73(80)64-92-98(87,88)94-68-75(66-90-77(82)60-52-44-38-37-42-50-58-72(8)10-2)96-79(84)62-53-45-35-27-23-19-14-12-11-13-17-21-25-31-39-47-55-69(3)4/h69-75,80H,9-68H2,1-8H3,(H,85,86)(H,87,88)/t71?,72?,73-,74-,75-/m1/s1. The van der Waals surface area contributed by atoms with Gasteiger partial charge in [0.25, 0.3) is 0 Å². The van der Waals surface area contributed by atoms with E-state index in [0.717, 1.165) is 120 Å². The number of aliphatic hydroxyl groups excluding tert-OH is 1. The van der Waals surface area contributed by atoms with Crippen LogP contribution in [-0.2, 0) is 65.4 Å². The molecule has 0 spiro atoms. The number of unbranched alkanes of at least 4 members (excludes halogenated alkanes) is 40. The van der Waals surface area contributed by atoms with Gasteiger partial charge in [-0.2, -0.15) is 0 Å². The number of hydrogen-bond acceptors (Lipinski definition) is 15. The number of ether oxygens (including phenoxy) is 4. The van der Waals surface area contributed by atoms with Crippen molar-refractivity contribution in [3.8, 4) is 0 Å². The van der Waals surface area contributed by atoms with Crippen LogP contribution in [0, 0.1) is 23.7 Å². The molecule has 0 aromatic rings. The summed E-state index contributed by atoms with van der Waals surface area (Å²) >= 11 is 0. The van der Waals surface area contributed by atoms with Crippen LogP contribution in [0.2, 0.25) is 0 Å². The third kappa shape index (κ3) is 69.8. The molecular formula is C79H154O17P2. The number of rotatable bonds is 76. The summed E-state index contributed by atoms with van der Waals surface area (Å²) in [6.07, 6.45) is 54.2. The predicted octanol–water partition coefficient (Wildman–Crippen LogP) is 23.2. The maximum absolute atomic E-state index is 13.1. The Bertz CT molecular complexity index is 1920. The lowest BCUT2D eigenvalue weighted by molar-refractivity contribution is -0.161. The minimum atomic E-state index is -4.96. The predicted molar refractivity (Wildman–Crippen MR) is 400 cm³/mol. The van der Waals surface area contributed by atoms with Crippen LogP contribution < -0.4 is 0 Å². The summed E-state index contributed by atoms with van der Waals surface area (Å²) in [7, 11) is -9.92. The Balaban J connectivity index is 5.21. The van der Waals surface area contributed by atoms with Gasteiger partial charge >= 0.3 is 39.5 Å². The zero-order valence-corrected chi connectivity index (χ0v) is 66.2. The lowest BCUT2D eigenvalue weighted by atomic mass is 9.99. The van der Waals surface area contributed by atoms with Crippen LogP contribution in [0.1, 0.15) is 402 Å². The molecule has 0 saturated carbocycles. The molecule has 19 heteroatoms. The topological polar surface area (TPSA) is 237 Å². The van der Waals surface area contributed by atoms with Gasteiger partial charge in [0.2, 0.25) is 0 Å². The van der Waals surface area contributed by atoms with E-state index in [1.54, 1.807) is 0 Å². The van der Waals surface area contributed by atoms with Gasteiger partial charge in [-0.05, 0) is 49.4 Å². The summed E-state index contributed by atoms with van der Waals surface area (Å²) in [6, 6.07) is 0. The number of aliphatic hydroxyl groups is 1. The second-order valence-corrected chi connectivity index (χ2v) is 32.8.